The summed E-state index contributed by atoms with van der Waals surface area (Å²) in [5, 5.41) is 5.88. The Hall–Kier alpha value is -3.68. The van der Waals surface area contributed by atoms with Gasteiger partial charge in [-0.1, -0.05) is 0 Å². The predicted octanol–water partition coefficient (Wildman–Crippen LogP) is 2.83. The van der Waals surface area contributed by atoms with Crippen LogP contribution in [0.2, 0.25) is 0 Å². The fraction of sp³-hybridized carbons (Fsp3) is 0.111. The van der Waals surface area contributed by atoms with Crippen LogP contribution in [-0.4, -0.2) is 28.0 Å². The Bertz CT molecular complexity index is 910. The van der Waals surface area contributed by atoms with Gasteiger partial charge in [-0.3, -0.25) is 4.79 Å². The number of carbonyl (C=O) groups excluding carboxylic acids is 1. The minimum absolute atomic E-state index is 0.118. The number of hydrogen-bond donors (Lipinski definition) is 3. The van der Waals surface area contributed by atoms with Gasteiger partial charge < -0.3 is 21.1 Å². The van der Waals surface area contributed by atoms with Gasteiger partial charge in [-0.15, -0.1) is 0 Å². The molecule has 4 N–H and O–H groups in total. The maximum Gasteiger partial charge on any atom is 0.222 e. The van der Waals surface area contributed by atoms with Crippen LogP contribution in [0, 0.1) is 0 Å². The first-order chi connectivity index (χ1) is 12.5. The zero-order valence-electron chi connectivity index (χ0n) is 14.4. The average Bonchev–Trinajstić information content (AvgIpc) is 2.62. The summed E-state index contributed by atoms with van der Waals surface area (Å²) in [5.41, 5.74) is 8.79. The molecule has 0 aliphatic rings. The molecule has 1 amide bonds. The van der Waals surface area contributed by atoms with Crippen LogP contribution < -0.4 is 21.1 Å². The first-order valence-electron chi connectivity index (χ1n) is 7.83. The lowest BCUT2D eigenvalue weighted by atomic mass is 10.2. The van der Waals surface area contributed by atoms with Crippen molar-refractivity contribution in [2.45, 2.75) is 6.92 Å². The van der Waals surface area contributed by atoms with Crippen LogP contribution >= 0.6 is 0 Å². The van der Waals surface area contributed by atoms with Gasteiger partial charge in [-0.25, -0.2) is 9.97 Å². The standard InChI is InChI=1S/C18H18N6O2/c1-11(25)21-13-4-6-14(7-5-13)22-16-9-15(23-18(19)24-16)12-3-8-17(26-2)20-10-12/h3-10H,1-2H3,(H,21,25)(H3,19,22,23,24). The number of anilines is 4. The molecule has 26 heavy (non-hydrogen) atoms. The summed E-state index contributed by atoms with van der Waals surface area (Å²) >= 11 is 0. The zero-order chi connectivity index (χ0) is 18.5. The Morgan fingerprint density at radius 2 is 1.81 bits per heavy atom. The van der Waals surface area contributed by atoms with E-state index in [1.165, 1.54) is 6.92 Å². The van der Waals surface area contributed by atoms with Crippen LogP contribution in [0.3, 0.4) is 0 Å². The van der Waals surface area contributed by atoms with E-state index in [4.69, 9.17) is 10.5 Å². The number of nitrogens with zero attached hydrogens (tertiary/aromatic N) is 3. The SMILES string of the molecule is COc1ccc(-c2cc(Nc3ccc(NC(C)=O)cc3)nc(N)n2)cn1. The van der Waals surface area contributed by atoms with Gasteiger partial charge in [-0.2, -0.15) is 4.98 Å². The number of methoxy groups -OCH3 is 1. The molecule has 0 saturated heterocycles. The highest BCUT2D eigenvalue weighted by molar-refractivity contribution is 5.88. The number of amides is 1. The normalized spacial score (nSPS) is 10.2. The lowest BCUT2D eigenvalue weighted by Gasteiger charge is -2.10. The number of ether oxygens (including phenoxy) is 1. The molecule has 0 saturated carbocycles. The van der Waals surface area contributed by atoms with Crippen molar-refractivity contribution < 1.29 is 9.53 Å². The van der Waals surface area contributed by atoms with Crippen LogP contribution in [0.25, 0.3) is 11.3 Å². The smallest absolute Gasteiger partial charge is 0.222 e. The van der Waals surface area contributed by atoms with Gasteiger partial charge in [0.15, 0.2) is 0 Å². The number of benzene rings is 1. The summed E-state index contributed by atoms with van der Waals surface area (Å²) in [5.74, 6) is 1.10. The lowest BCUT2D eigenvalue weighted by Crippen LogP contribution is -2.05. The van der Waals surface area contributed by atoms with E-state index >= 15 is 0 Å². The van der Waals surface area contributed by atoms with E-state index in [0.717, 1.165) is 16.9 Å². The summed E-state index contributed by atoms with van der Waals surface area (Å²) in [4.78, 5) is 23.7. The Balaban J connectivity index is 1.81. The van der Waals surface area contributed by atoms with E-state index in [1.54, 1.807) is 37.6 Å². The zero-order valence-corrected chi connectivity index (χ0v) is 14.4. The summed E-state index contributed by atoms with van der Waals surface area (Å²) in [7, 11) is 1.56. The minimum Gasteiger partial charge on any atom is -0.481 e. The number of hydrogen-bond acceptors (Lipinski definition) is 7. The topological polar surface area (TPSA) is 115 Å². The molecule has 0 spiro atoms. The van der Waals surface area contributed by atoms with Gasteiger partial charge in [0.25, 0.3) is 0 Å². The molecule has 8 heteroatoms. The predicted molar refractivity (Wildman–Crippen MR) is 100 cm³/mol. The fourth-order valence-corrected chi connectivity index (χ4v) is 2.32. The van der Waals surface area contributed by atoms with Crippen molar-refractivity contribution in [3.8, 4) is 17.1 Å². The second-order valence-corrected chi connectivity index (χ2v) is 5.47. The quantitative estimate of drug-likeness (QED) is 0.648. The van der Waals surface area contributed by atoms with E-state index < -0.39 is 0 Å². The molecule has 0 fully saturated rings. The first-order valence-corrected chi connectivity index (χ1v) is 7.83. The van der Waals surface area contributed by atoms with Crippen molar-refractivity contribution in [3.05, 3.63) is 48.7 Å². The van der Waals surface area contributed by atoms with Crippen molar-refractivity contribution >= 4 is 29.0 Å². The number of rotatable bonds is 5. The second kappa shape index (κ2) is 7.47. The molecular formula is C18H18N6O2. The Kier molecular flexibility index (Phi) is 4.93. The molecule has 0 bridgehead atoms. The van der Waals surface area contributed by atoms with Gasteiger partial charge in [0, 0.05) is 42.2 Å². The van der Waals surface area contributed by atoms with Gasteiger partial charge in [0.1, 0.15) is 5.82 Å². The van der Waals surface area contributed by atoms with Crippen molar-refractivity contribution in [1.82, 2.24) is 15.0 Å². The maximum absolute atomic E-state index is 11.1. The molecule has 2 heterocycles. The number of nitrogen functional groups attached to an aromatic ring is 1. The molecule has 8 nitrogen and oxygen atoms in total. The first kappa shape index (κ1) is 17.2. The van der Waals surface area contributed by atoms with Gasteiger partial charge in [0.2, 0.25) is 17.7 Å². The molecule has 2 aromatic heterocycles. The number of nitrogens with one attached hydrogen (secondary N) is 2. The Morgan fingerprint density at radius 3 is 2.42 bits per heavy atom. The largest absolute Gasteiger partial charge is 0.481 e. The second-order valence-electron chi connectivity index (χ2n) is 5.47. The number of nitrogens with two attached hydrogens (primary N) is 1. The number of aromatic nitrogens is 3. The number of carbonyl (C=O) groups is 1. The van der Waals surface area contributed by atoms with Crippen molar-refractivity contribution in [3.63, 3.8) is 0 Å². The van der Waals surface area contributed by atoms with Crippen molar-refractivity contribution in [2.75, 3.05) is 23.5 Å². The summed E-state index contributed by atoms with van der Waals surface area (Å²) < 4.78 is 5.06. The van der Waals surface area contributed by atoms with Crippen LogP contribution in [0.1, 0.15) is 6.92 Å². The maximum atomic E-state index is 11.1. The van der Waals surface area contributed by atoms with Crippen LogP contribution in [0.5, 0.6) is 5.88 Å². The third kappa shape index (κ3) is 4.23. The molecule has 0 aliphatic heterocycles. The Morgan fingerprint density at radius 1 is 1.08 bits per heavy atom. The van der Waals surface area contributed by atoms with E-state index in [9.17, 15) is 4.79 Å². The lowest BCUT2D eigenvalue weighted by molar-refractivity contribution is -0.114. The van der Waals surface area contributed by atoms with Gasteiger partial charge >= 0.3 is 0 Å². The van der Waals surface area contributed by atoms with Crippen molar-refractivity contribution in [1.29, 1.82) is 0 Å². The highest BCUT2D eigenvalue weighted by Gasteiger charge is 2.07. The summed E-state index contributed by atoms with van der Waals surface area (Å²) in [6.45, 7) is 1.46. The van der Waals surface area contributed by atoms with Crippen LogP contribution in [0.15, 0.2) is 48.7 Å². The molecule has 0 aliphatic carbocycles. The fourth-order valence-electron chi connectivity index (χ4n) is 2.32. The number of pyridine rings is 1. The Labute approximate surface area is 150 Å². The highest BCUT2D eigenvalue weighted by Crippen LogP contribution is 2.24. The molecule has 0 radical (unpaired) electrons. The molecular weight excluding hydrogens is 332 g/mol. The molecule has 1 aromatic carbocycles. The van der Waals surface area contributed by atoms with Crippen LogP contribution in [0.4, 0.5) is 23.1 Å². The average molecular weight is 350 g/mol. The van der Waals surface area contributed by atoms with Crippen LogP contribution in [-0.2, 0) is 4.79 Å². The van der Waals surface area contributed by atoms with E-state index in [-0.39, 0.29) is 11.9 Å². The highest BCUT2D eigenvalue weighted by atomic mass is 16.5. The van der Waals surface area contributed by atoms with E-state index in [1.807, 2.05) is 18.2 Å². The third-order valence-corrected chi connectivity index (χ3v) is 3.46. The summed E-state index contributed by atoms with van der Waals surface area (Å²) in [6, 6.07) is 12.6. The molecule has 3 rings (SSSR count). The third-order valence-electron chi connectivity index (χ3n) is 3.46. The monoisotopic (exact) mass is 350 g/mol. The van der Waals surface area contributed by atoms with Gasteiger partial charge in [-0.05, 0) is 30.3 Å². The molecule has 3 aromatic rings. The van der Waals surface area contributed by atoms with Crippen molar-refractivity contribution in [2.24, 2.45) is 0 Å². The van der Waals surface area contributed by atoms with E-state index in [2.05, 4.69) is 25.6 Å². The van der Waals surface area contributed by atoms with Gasteiger partial charge in [0.05, 0.1) is 12.8 Å². The molecule has 0 unspecified atom stereocenters. The minimum atomic E-state index is -0.118. The molecule has 0 atom stereocenters. The molecule has 132 valence electrons. The van der Waals surface area contributed by atoms with E-state index in [0.29, 0.717) is 17.4 Å². The summed E-state index contributed by atoms with van der Waals surface area (Å²) in [6.07, 6.45) is 1.66.